The zero-order valence-electron chi connectivity index (χ0n) is 17.5. The number of hydrogen-bond acceptors (Lipinski definition) is 6. The molecule has 10 heteroatoms. The first-order valence-corrected chi connectivity index (χ1v) is 11.1. The van der Waals surface area contributed by atoms with E-state index in [9.17, 15) is 18.0 Å². The van der Waals surface area contributed by atoms with Gasteiger partial charge in [0.2, 0.25) is 15.9 Å². The van der Waals surface area contributed by atoms with Crippen LogP contribution in [0.25, 0.3) is 0 Å². The fraction of sp³-hybridized carbons (Fsp3) is 0.450. The molecule has 3 rings (SSSR count). The van der Waals surface area contributed by atoms with Crippen LogP contribution in [0.15, 0.2) is 29.2 Å². The molecular formula is C20H26N4O5S. The Labute approximate surface area is 176 Å². The van der Waals surface area contributed by atoms with Crippen LogP contribution >= 0.6 is 0 Å². The van der Waals surface area contributed by atoms with Gasteiger partial charge in [0.25, 0.3) is 0 Å². The second-order valence-corrected chi connectivity index (χ2v) is 9.23. The molecule has 1 aromatic carbocycles. The second kappa shape index (κ2) is 8.57. The van der Waals surface area contributed by atoms with Gasteiger partial charge in [-0.15, -0.1) is 0 Å². The van der Waals surface area contributed by atoms with E-state index in [0.29, 0.717) is 18.5 Å². The summed E-state index contributed by atoms with van der Waals surface area (Å²) in [4.78, 5) is 24.6. The molecule has 1 fully saturated rings. The van der Waals surface area contributed by atoms with Crippen LogP contribution in [0.1, 0.15) is 34.6 Å². The van der Waals surface area contributed by atoms with E-state index in [1.807, 2.05) is 20.9 Å². The lowest BCUT2D eigenvalue weighted by molar-refractivity contribution is -0.120. The summed E-state index contributed by atoms with van der Waals surface area (Å²) >= 11 is 0. The number of amides is 1. The van der Waals surface area contributed by atoms with Gasteiger partial charge in [-0.3, -0.25) is 9.48 Å². The Morgan fingerprint density at radius 1 is 1.17 bits per heavy atom. The van der Waals surface area contributed by atoms with E-state index in [0.717, 1.165) is 11.4 Å². The van der Waals surface area contributed by atoms with Gasteiger partial charge in [-0.2, -0.15) is 9.40 Å². The molecule has 1 aliphatic rings. The Bertz CT molecular complexity index is 1070. The van der Waals surface area contributed by atoms with Gasteiger partial charge in [0.15, 0.2) is 0 Å². The van der Waals surface area contributed by atoms with Crippen molar-refractivity contribution in [2.24, 2.45) is 13.0 Å². The smallest absolute Gasteiger partial charge is 0.339 e. The van der Waals surface area contributed by atoms with E-state index in [2.05, 4.69) is 10.4 Å². The topological polar surface area (TPSA) is 111 Å². The first-order chi connectivity index (χ1) is 14.2. The number of methoxy groups -OCH3 is 1. The highest BCUT2D eigenvalue weighted by Crippen LogP contribution is 2.28. The number of carbonyl (C=O) groups excluding carboxylic acids is 2. The second-order valence-electron chi connectivity index (χ2n) is 7.32. The molecule has 30 heavy (non-hydrogen) atoms. The van der Waals surface area contributed by atoms with Gasteiger partial charge in [-0.05, 0) is 38.8 Å². The van der Waals surface area contributed by atoms with Crippen molar-refractivity contribution in [1.82, 2.24) is 14.1 Å². The molecule has 2 aromatic rings. The highest BCUT2D eigenvalue weighted by molar-refractivity contribution is 7.89. The number of anilines is 1. The Morgan fingerprint density at radius 3 is 2.37 bits per heavy atom. The molecule has 1 amide bonds. The van der Waals surface area contributed by atoms with E-state index in [1.165, 1.54) is 23.5 Å². The minimum atomic E-state index is -3.88. The Balaban J connectivity index is 1.71. The SMILES string of the molecule is COC(=O)c1ccccc1S(=O)(=O)N1CCC(C(=O)Nc2c(C)nn(C)c2C)CC1. The number of esters is 1. The fourth-order valence-electron chi connectivity index (χ4n) is 3.65. The molecule has 0 unspecified atom stereocenters. The quantitative estimate of drug-likeness (QED) is 0.719. The number of hydrogen-bond donors (Lipinski definition) is 1. The molecule has 0 atom stereocenters. The van der Waals surface area contributed by atoms with Crippen LogP contribution in [0.4, 0.5) is 5.69 Å². The van der Waals surface area contributed by atoms with E-state index >= 15 is 0 Å². The number of benzene rings is 1. The third-order valence-corrected chi connectivity index (χ3v) is 7.45. The van der Waals surface area contributed by atoms with Gasteiger partial charge in [-0.1, -0.05) is 12.1 Å². The largest absolute Gasteiger partial charge is 0.465 e. The third-order valence-electron chi connectivity index (χ3n) is 5.49. The number of aromatic nitrogens is 2. The zero-order valence-corrected chi connectivity index (χ0v) is 18.3. The molecule has 1 aromatic heterocycles. The maximum absolute atomic E-state index is 13.1. The number of sulfonamides is 1. The molecule has 0 aliphatic carbocycles. The number of nitrogens with zero attached hydrogens (tertiary/aromatic N) is 3. The Morgan fingerprint density at radius 2 is 1.80 bits per heavy atom. The predicted molar refractivity (Wildman–Crippen MR) is 111 cm³/mol. The molecule has 0 saturated carbocycles. The van der Waals surface area contributed by atoms with Crippen molar-refractivity contribution in [2.45, 2.75) is 31.6 Å². The van der Waals surface area contributed by atoms with E-state index in [4.69, 9.17) is 4.74 Å². The van der Waals surface area contributed by atoms with Gasteiger partial charge in [0.05, 0.1) is 34.6 Å². The van der Waals surface area contributed by atoms with Crippen LogP contribution in [0.5, 0.6) is 0 Å². The first-order valence-electron chi connectivity index (χ1n) is 9.65. The summed E-state index contributed by atoms with van der Waals surface area (Å²) in [6.45, 7) is 4.10. The van der Waals surface area contributed by atoms with E-state index in [1.54, 1.807) is 16.8 Å². The number of carbonyl (C=O) groups is 2. The van der Waals surface area contributed by atoms with Crippen molar-refractivity contribution >= 4 is 27.6 Å². The predicted octanol–water partition coefficient (Wildman–Crippen LogP) is 1.86. The zero-order chi connectivity index (χ0) is 22.1. The molecule has 1 aliphatic heterocycles. The van der Waals surface area contributed by atoms with Crippen molar-refractivity contribution in [2.75, 3.05) is 25.5 Å². The average Bonchev–Trinajstić information content (AvgIpc) is 2.99. The van der Waals surface area contributed by atoms with Gasteiger partial charge in [0, 0.05) is 26.1 Å². The summed E-state index contributed by atoms with van der Waals surface area (Å²) in [5.74, 6) is -1.14. The highest BCUT2D eigenvalue weighted by Gasteiger charge is 2.34. The first kappa shape index (κ1) is 22.0. The molecule has 0 radical (unpaired) electrons. The summed E-state index contributed by atoms with van der Waals surface area (Å²) in [5.41, 5.74) is 2.30. The summed E-state index contributed by atoms with van der Waals surface area (Å²) < 4.78 is 33.9. The monoisotopic (exact) mass is 434 g/mol. The van der Waals surface area contributed by atoms with Gasteiger partial charge < -0.3 is 10.1 Å². The molecule has 0 bridgehead atoms. The molecule has 162 valence electrons. The maximum Gasteiger partial charge on any atom is 0.339 e. The van der Waals surface area contributed by atoms with Crippen molar-refractivity contribution in [3.8, 4) is 0 Å². The maximum atomic E-state index is 13.1. The molecule has 1 saturated heterocycles. The standard InChI is InChI=1S/C20H26N4O5S/c1-13-18(14(2)23(3)22-13)21-19(25)15-9-11-24(12-10-15)30(27,28)17-8-6-5-7-16(17)20(26)29-4/h5-8,15H,9-12H2,1-4H3,(H,21,25). The average molecular weight is 435 g/mol. The molecule has 9 nitrogen and oxygen atoms in total. The minimum absolute atomic E-state index is 0.00222. The van der Waals surface area contributed by atoms with Crippen LogP contribution in [0, 0.1) is 19.8 Å². The van der Waals surface area contributed by atoms with Gasteiger partial charge >= 0.3 is 5.97 Å². The molecule has 0 spiro atoms. The summed E-state index contributed by atoms with van der Waals surface area (Å²) in [6.07, 6.45) is 0.785. The van der Waals surface area contributed by atoms with Crippen LogP contribution in [0.2, 0.25) is 0 Å². The van der Waals surface area contributed by atoms with E-state index in [-0.39, 0.29) is 35.4 Å². The van der Waals surface area contributed by atoms with Gasteiger partial charge in [-0.25, -0.2) is 13.2 Å². The fourth-order valence-corrected chi connectivity index (χ4v) is 5.30. The van der Waals surface area contributed by atoms with Crippen molar-refractivity contribution in [3.63, 3.8) is 0 Å². The van der Waals surface area contributed by atoms with Crippen LogP contribution in [-0.2, 0) is 26.6 Å². The van der Waals surface area contributed by atoms with E-state index < -0.39 is 16.0 Å². The van der Waals surface area contributed by atoms with Crippen molar-refractivity contribution in [3.05, 3.63) is 41.2 Å². The molecule has 1 N–H and O–H groups in total. The summed E-state index contributed by atoms with van der Waals surface area (Å²) in [6, 6.07) is 5.98. The number of ether oxygens (including phenoxy) is 1. The number of nitrogens with one attached hydrogen (secondary N) is 1. The van der Waals surface area contributed by atoms with Crippen molar-refractivity contribution < 1.29 is 22.7 Å². The van der Waals surface area contributed by atoms with Crippen LogP contribution < -0.4 is 5.32 Å². The number of rotatable bonds is 5. The Hall–Kier alpha value is -2.72. The Kier molecular flexibility index (Phi) is 6.27. The van der Waals surface area contributed by atoms with Crippen LogP contribution in [0.3, 0.4) is 0 Å². The summed E-state index contributed by atoms with van der Waals surface area (Å²) in [5, 5.41) is 7.23. The molecular weight excluding hydrogens is 408 g/mol. The normalized spacial score (nSPS) is 15.7. The van der Waals surface area contributed by atoms with Crippen LogP contribution in [-0.4, -0.2) is 54.6 Å². The van der Waals surface area contributed by atoms with Gasteiger partial charge in [0.1, 0.15) is 0 Å². The van der Waals surface area contributed by atoms with Crippen molar-refractivity contribution in [1.29, 1.82) is 0 Å². The minimum Gasteiger partial charge on any atom is -0.465 e. The number of aryl methyl sites for hydroxylation is 2. The lowest BCUT2D eigenvalue weighted by atomic mass is 9.97. The highest BCUT2D eigenvalue weighted by atomic mass is 32.2. The summed E-state index contributed by atoms with van der Waals surface area (Å²) in [7, 11) is -0.856. The lowest BCUT2D eigenvalue weighted by Crippen LogP contribution is -2.41. The lowest BCUT2D eigenvalue weighted by Gasteiger charge is -2.31. The number of piperidine rings is 1. The molecule has 2 heterocycles. The third kappa shape index (κ3) is 4.10.